The minimum atomic E-state index is -3.13. The first-order chi connectivity index (χ1) is 15.5. The molecular formula is C21H24ClF3N6O2. The number of amides is 1. The van der Waals surface area contributed by atoms with E-state index < -0.39 is 30.8 Å². The number of carbonyl (C=O) groups excluding carboxylic acids is 1. The minimum Gasteiger partial charge on any atom is -0.382 e. The summed E-state index contributed by atoms with van der Waals surface area (Å²) in [6.07, 6.45) is 4.17. The quantitative estimate of drug-likeness (QED) is 0.469. The van der Waals surface area contributed by atoms with E-state index in [4.69, 9.17) is 11.6 Å². The van der Waals surface area contributed by atoms with Crippen molar-refractivity contribution in [2.45, 2.75) is 52.1 Å². The summed E-state index contributed by atoms with van der Waals surface area (Å²) in [4.78, 5) is 21.4. The third-order valence-corrected chi connectivity index (χ3v) is 4.98. The lowest BCUT2D eigenvalue weighted by Gasteiger charge is -2.28. The van der Waals surface area contributed by atoms with Gasteiger partial charge in [0.1, 0.15) is 11.8 Å². The Balaban J connectivity index is 1.85. The summed E-state index contributed by atoms with van der Waals surface area (Å²) in [6.45, 7) is 2.52. The number of aromatic nitrogens is 4. The maximum atomic E-state index is 14.4. The first-order valence-corrected chi connectivity index (χ1v) is 10.5. The number of alkyl halides is 3. The third-order valence-electron chi connectivity index (χ3n) is 4.78. The molecule has 1 unspecified atom stereocenters. The number of nitrogens with zero attached hydrogens (tertiary/aromatic N) is 4. The first-order valence-electron chi connectivity index (χ1n) is 10.1. The average Bonchev–Trinajstić information content (AvgIpc) is 3.13. The van der Waals surface area contributed by atoms with Gasteiger partial charge in [0.2, 0.25) is 0 Å². The molecule has 0 fully saturated rings. The third kappa shape index (κ3) is 5.91. The van der Waals surface area contributed by atoms with Crippen LogP contribution >= 0.6 is 11.6 Å². The molecule has 1 amide bonds. The maximum absolute atomic E-state index is 14.4. The van der Waals surface area contributed by atoms with Crippen LogP contribution in [0.2, 0.25) is 5.02 Å². The number of carbonyl (C=O) groups is 1. The van der Waals surface area contributed by atoms with E-state index in [0.29, 0.717) is 27.6 Å². The van der Waals surface area contributed by atoms with Crippen molar-refractivity contribution in [1.82, 2.24) is 24.9 Å². The molecule has 0 aliphatic carbocycles. The number of rotatable bonds is 9. The van der Waals surface area contributed by atoms with Gasteiger partial charge >= 0.3 is 6.61 Å². The fourth-order valence-electron chi connectivity index (χ4n) is 3.07. The van der Waals surface area contributed by atoms with Crippen molar-refractivity contribution in [3.05, 3.63) is 41.4 Å². The molecule has 12 heteroatoms. The Morgan fingerprint density at radius 1 is 1.21 bits per heavy atom. The van der Waals surface area contributed by atoms with Gasteiger partial charge in [0.25, 0.3) is 5.91 Å². The van der Waals surface area contributed by atoms with Crippen LogP contribution in [0.15, 0.2) is 30.9 Å². The van der Waals surface area contributed by atoms with E-state index in [0.717, 1.165) is 0 Å². The van der Waals surface area contributed by atoms with Crippen molar-refractivity contribution in [3.63, 3.8) is 0 Å². The molecular weight excluding hydrogens is 461 g/mol. The molecule has 0 aromatic carbocycles. The number of fused-ring (bicyclic) bond motifs is 1. The molecule has 1 atom stereocenters. The van der Waals surface area contributed by atoms with Crippen LogP contribution in [0.1, 0.15) is 38.1 Å². The van der Waals surface area contributed by atoms with Crippen LogP contribution in [0, 0.1) is 0 Å². The summed E-state index contributed by atoms with van der Waals surface area (Å²) < 4.78 is 45.2. The molecule has 8 nitrogen and oxygen atoms in total. The second-order valence-electron chi connectivity index (χ2n) is 8.17. The van der Waals surface area contributed by atoms with Gasteiger partial charge in [-0.15, -0.1) is 0 Å². The molecule has 3 aromatic heterocycles. The van der Waals surface area contributed by atoms with Crippen LogP contribution < -0.4 is 10.6 Å². The van der Waals surface area contributed by atoms with E-state index in [9.17, 15) is 18.0 Å². The van der Waals surface area contributed by atoms with Crippen LogP contribution in [0.5, 0.6) is 0 Å². The van der Waals surface area contributed by atoms with Crippen molar-refractivity contribution in [3.8, 4) is 11.3 Å². The second kappa shape index (κ2) is 9.92. The van der Waals surface area contributed by atoms with Gasteiger partial charge in [-0.25, -0.2) is 13.9 Å². The normalized spacial score (nSPS) is 13.0. The summed E-state index contributed by atoms with van der Waals surface area (Å²) in [7, 11) is 0. The van der Waals surface area contributed by atoms with Gasteiger partial charge in [-0.2, -0.15) is 13.9 Å². The van der Waals surface area contributed by atoms with Crippen molar-refractivity contribution in [2.75, 3.05) is 11.9 Å². The highest BCUT2D eigenvalue weighted by Gasteiger charge is 2.34. The van der Waals surface area contributed by atoms with Crippen LogP contribution in [0.3, 0.4) is 0 Å². The van der Waals surface area contributed by atoms with Crippen LogP contribution in [-0.2, 0) is 4.74 Å². The summed E-state index contributed by atoms with van der Waals surface area (Å²) in [5, 5.41) is 10.2. The summed E-state index contributed by atoms with van der Waals surface area (Å²) >= 11 is 5.95. The molecule has 0 spiro atoms. The molecule has 2 N–H and O–H groups in total. The fourth-order valence-corrected chi connectivity index (χ4v) is 3.21. The molecule has 3 heterocycles. The molecule has 178 valence electrons. The first kappa shape index (κ1) is 24.7. The predicted octanol–water partition coefficient (Wildman–Crippen LogP) is 4.35. The van der Waals surface area contributed by atoms with E-state index in [1.165, 1.54) is 30.8 Å². The van der Waals surface area contributed by atoms with E-state index in [1.807, 2.05) is 13.8 Å². The summed E-state index contributed by atoms with van der Waals surface area (Å²) in [5.74, 6) is -0.613. The Bertz CT molecular complexity index is 1140. The lowest BCUT2D eigenvalue weighted by molar-refractivity contribution is -0.215. The molecule has 0 aliphatic heterocycles. The lowest BCUT2D eigenvalue weighted by atomic mass is 10.0. The minimum absolute atomic E-state index is 0.0278. The molecule has 0 bridgehead atoms. The van der Waals surface area contributed by atoms with E-state index in [1.54, 1.807) is 18.5 Å². The topological polar surface area (TPSA) is 93.4 Å². The molecule has 3 rings (SSSR count). The number of pyridine rings is 1. The monoisotopic (exact) mass is 484 g/mol. The zero-order valence-corrected chi connectivity index (χ0v) is 19.2. The predicted molar refractivity (Wildman–Crippen MR) is 118 cm³/mol. The molecule has 3 aromatic rings. The number of nitrogens with one attached hydrogen (secondary N) is 2. The largest absolute Gasteiger partial charge is 0.382 e. The molecule has 0 saturated heterocycles. The van der Waals surface area contributed by atoms with Gasteiger partial charge in [-0.05, 0) is 33.8 Å². The molecule has 0 aliphatic rings. The summed E-state index contributed by atoms with van der Waals surface area (Å²) in [6, 6.07) is 1.64. The smallest absolute Gasteiger partial charge is 0.345 e. The van der Waals surface area contributed by atoms with Crippen LogP contribution in [-0.4, -0.2) is 56.5 Å². The summed E-state index contributed by atoms with van der Waals surface area (Å²) in [5.41, 5.74) is 0.511. The Morgan fingerprint density at radius 2 is 1.94 bits per heavy atom. The highest BCUT2D eigenvalue weighted by atomic mass is 35.5. The average molecular weight is 485 g/mol. The second-order valence-corrected chi connectivity index (χ2v) is 8.61. The standard InChI is InChI=1S/C21H24ClF3N6O2/c1-11(2)30-16-5-15(13-8-29-31-10-12(22)6-27-18(13)31)26-7-14(16)19(32)28-9-17(23)21(3,4)33-20(24)25/h5-8,10-11,17,20H,9H2,1-4H3,(H,26,30)(H,28,32). The molecule has 0 radical (unpaired) electrons. The van der Waals surface area contributed by atoms with Gasteiger partial charge in [-0.3, -0.25) is 9.78 Å². The Kier molecular flexibility index (Phi) is 7.43. The van der Waals surface area contributed by atoms with Crippen LogP contribution in [0.25, 0.3) is 16.9 Å². The van der Waals surface area contributed by atoms with Crippen molar-refractivity contribution >= 4 is 28.8 Å². The highest BCUT2D eigenvalue weighted by Crippen LogP contribution is 2.27. The Labute approximate surface area is 193 Å². The van der Waals surface area contributed by atoms with Gasteiger partial charge in [0, 0.05) is 18.4 Å². The SMILES string of the molecule is CC(C)Nc1cc(-c2cnn3cc(Cl)cnc23)ncc1C(=O)NCC(F)C(C)(C)OC(F)F. The van der Waals surface area contributed by atoms with E-state index in [-0.39, 0.29) is 11.6 Å². The van der Waals surface area contributed by atoms with Gasteiger partial charge in [0.05, 0.1) is 46.5 Å². The Hall–Kier alpha value is -2.92. The maximum Gasteiger partial charge on any atom is 0.345 e. The van der Waals surface area contributed by atoms with E-state index >= 15 is 0 Å². The van der Waals surface area contributed by atoms with Gasteiger partial charge < -0.3 is 15.4 Å². The number of hydrogen-bond acceptors (Lipinski definition) is 6. The van der Waals surface area contributed by atoms with Crippen molar-refractivity contribution in [1.29, 1.82) is 0 Å². The zero-order chi connectivity index (χ0) is 24.3. The highest BCUT2D eigenvalue weighted by molar-refractivity contribution is 6.30. The van der Waals surface area contributed by atoms with Gasteiger partial charge in [0.15, 0.2) is 5.65 Å². The van der Waals surface area contributed by atoms with Crippen LogP contribution in [0.4, 0.5) is 18.9 Å². The zero-order valence-electron chi connectivity index (χ0n) is 18.4. The van der Waals surface area contributed by atoms with Crippen molar-refractivity contribution < 1.29 is 22.7 Å². The Morgan fingerprint density at radius 3 is 2.61 bits per heavy atom. The lowest BCUT2D eigenvalue weighted by Crippen LogP contribution is -2.45. The molecule has 0 saturated carbocycles. The van der Waals surface area contributed by atoms with Gasteiger partial charge in [-0.1, -0.05) is 11.6 Å². The molecule has 33 heavy (non-hydrogen) atoms. The fraction of sp³-hybridized carbons (Fsp3) is 0.429. The van der Waals surface area contributed by atoms with Crippen molar-refractivity contribution in [2.24, 2.45) is 0 Å². The number of ether oxygens (including phenoxy) is 1. The number of hydrogen-bond donors (Lipinski definition) is 2. The number of anilines is 1. The van der Waals surface area contributed by atoms with E-state index in [2.05, 4.69) is 30.4 Å². The number of halogens is 4.